The molecule has 2 aliphatic rings. The second-order valence-electron chi connectivity index (χ2n) is 16.9. The molecular formula is C60H40N2. The van der Waals surface area contributed by atoms with Crippen LogP contribution in [0.5, 0.6) is 0 Å². The molecule has 0 fully saturated rings. The van der Waals surface area contributed by atoms with Gasteiger partial charge in [0.2, 0.25) is 0 Å². The number of rotatable bonds is 4. The summed E-state index contributed by atoms with van der Waals surface area (Å²) in [4.78, 5) is 4.92. The fourth-order valence-electron chi connectivity index (χ4n) is 10.5. The van der Waals surface area contributed by atoms with Crippen LogP contribution < -0.4 is 9.80 Å². The maximum atomic E-state index is 2.46. The van der Waals surface area contributed by atoms with Crippen LogP contribution in [-0.2, 0) is 12.8 Å². The molecule has 13 rings (SSSR count). The van der Waals surface area contributed by atoms with Crippen LogP contribution in [0.1, 0.15) is 22.3 Å². The monoisotopic (exact) mass is 788 g/mol. The third kappa shape index (κ3) is 5.43. The molecule has 290 valence electrons. The first-order chi connectivity index (χ1) is 30.7. The molecule has 2 aliphatic heterocycles. The lowest BCUT2D eigenvalue weighted by Crippen LogP contribution is -2.18. The Hall–Kier alpha value is -7.94. The highest BCUT2D eigenvalue weighted by atomic mass is 15.2. The predicted molar refractivity (Wildman–Crippen MR) is 262 cm³/mol. The van der Waals surface area contributed by atoms with E-state index >= 15 is 0 Å². The van der Waals surface area contributed by atoms with Gasteiger partial charge in [-0.1, -0.05) is 158 Å². The number of nitrogens with zero attached hydrogens (tertiary/aromatic N) is 2. The van der Waals surface area contributed by atoms with E-state index in [2.05, 4.69) is 228 Å². The zero-order chi connectivity index (χ0) is 40.7. The largest absolute Gasteiger partial charge is 0.310 e. The quantitative estimate of drug-likeness (QED) is 0.129. The molecule has 0 unspecified atom stereocenters. The second kappa shape index (κ2) is 13.8. The average Bonchev–Trinajstić information content (AvgIpc) is 3.33. The van der Waals surface area contributed by atoms with E-state index < -0.39 is 0 Å². The third-order valence-corrected chi connectivity index (χ3v) is 13.4. The van der Waals surface area contributed by atoms with E-state index in [1.807, 2.05) is 0 Å². The van der Waals surface area contributed by atoms with Gasteiger partial charge in [-0.2, -0.15) is 0 Å². The minimum Gasteiger partial charge on any atom is -0.310 e. The van der Waals surface area contributed by atoms with Gasteiger partial charge in [0, 0.05) is 47.0 Å². The minimum atomic E-state index is 0.930. The summed E-state index contributed by atoms with van der Waals surface area (Å²) in [6.45, 7) is 0. The van der Waals surface area contributed by atoms with Crippen molar-refractivity contribution in [3.63, 3.8) is 0 Å². The maximum Gasteiger partial charge on any atom is 0.0497 e. The van der Waals surface area contributed by atoms with Crippen molar-refractivity contribution in [2.45, 2.75) is 12.8 Å². The molecular weight excluding hydrogens is 749 g/mol. The zero-order valence-corrected chi connectivity index (χ0v) is 34.1. The van der Waals surface area contributed by atoms with E-state index in [0.29, 0.717) is 0 Å². The van der Waals surface area contributed by atoms with Crippen molar-refractivity contribution in [1.29, 1.82) is 0 Å². The zero-order valence-electron chi connectivity index (χ0n) is 34.1. The van der Waals surface area contributed by atoms with Gasteiger partial charge in [0.05, 0.1) is 0 Å². The third-order valence-electron chi connectivity index (χ3n) is 13.4. The molecule has 0 saturated heterocycles. The Morgan fingerprint density at radius 3 is 1.35 bits per heavy atom. The van der Waals surface area contributed by atoms with Gasteiger partial charge in [-0.3, -0.25) is 0 Å². The van der Waals surface area contributed by atoms with Gasteiger partial charge in [0.25, 0.3) is 0 Å². The van der Waals surface area contributed by atoms with E-state index in [-0.39, 0.29) is 0 Å². The van der Waals surface area contributed by atoms with Crippen molar-refractivity contribution in [1.82, 2.24) is 0 Å². The lowest BCUT2D eigenvalue weighted by molar-refractivity contribution is 1.09. The molecule has 2 heterocycles. The molecule has 0 N–H and O–H groups in total. The molecule has 62 heavy (non-hydrogen) atoms. The van der Waals surface area contributed by atoms with Crippen molar-refractivity contribution in [2.24, 2.45) is 0 Å². The first kappa shape index (κ1) is 34.9. The first-order valence-electron chi connectivity index (χ1n) is 21.7. The summed E-state index contributed by atoms with van der Waals surface area (Å²) in [6, 6.07) is 81.3. The van der Waals surface area contributed by atoms with Gasteiger partial charge in [0.1, 0.15) is 0 Å². The Bertz CT molecular complexity index is 3510. The Labute approximate surface area is 361 Å². The summed E-state index contributed by atoms with van der Waals surface area (Å²) < 4.78 is 0. The van der Waals surface area contributed by atoms with Gasteiger partial charge in [-0.25, -0.2) is 0 Å². The molecule has 0 saturated carbocycles. The Morgan fingerprint density at radius 1 is 0.274 bits per heavy atom. The number of anilines is 6. The van der Waals surface area contributed by atoms with Crippen LogP contribution in [0.15, 0.2) is 218 Å². The number of benzene rings is 11. The summed E-state index contributed by atoms with van der Waals surface area (Å²) >= 11 is 0. The molecule has 0 spiro atoms. The smallest absolute Gasteiger partial charge is 0.0497 e. The van der Waals surface area contributed by atoms with Crippen molar-refractivity contribution in [2.75, 3.05) is 9.80 Å². The van der Waals surface area contributed by atoms with Crippen molar-refractivity contribution < 1.29 is 0 Å². The first-order valence-corrected chi connectivity index (χ1v) is 21.7. The fraction of sp³-hybridized carbons (Fsp3) is 0.0333. The molecule has 0 bridgehead atoms. The molecule has 0 amide bonds. The standard InChI is InChI=1S/C60H40N2/c1-6-18-50-41(13-1)37-54(53-20-8-7-19-52(50)53)39-25-27-40(28-26-39)60-51-32-31-48(61-56-21-9-2-14-43(56)34-44-15-3-10-22-57(44)61)36-47(51)33-42-29-30-49(38-55(42)60)62-58-23-11-4-16-45(58)35-46-17-5-12-24-59(46)62/h1-33,36-38H,34-35H2. The van der Waals surface area contributed by atoms with E-state index in [4.69, 9.17) is 0 Å². The van der Waals surface area contributed by atoms with E-state index in [1.54, 1.807) is 0 Å². The predicted octanol–water partition coefficient (Wildman–Crippen LogP) is 16.4. The molecule has 11 aromatic carbocycles. The van der Waals surface area contributed by atoms with Crippen LogP contribution in [0, 0.1) is 0 Å². The van der Waals surface area contributed by atoms with Crippen LogP contribution in [0.3, 0.4) is 0 Å². The molecule has 2 nitrogen and oxygen atoms in total. The molecule has 2 heteroatoms. The Morgan fingerprint density at radius 2 is 0.742 bits per heavy atom. The van der Waals surface area contributed by atoms with Gasteiger partial charge in [-0.15, -0.1) is 0 Å². The van der Waals surface area contributed by atoms with Gasteiger partial charge in [0.15, 0.2) is 0 Å². The summed E-state index contributed by atoms with van der Waals surface area (Å²) in [5.41, 5.74) is 17.6. The lowest BCUT2D eigenvalue weighted by atomic mass is 9.88. The summed E-state index contributed by atoms with van der Waals surface area (Å²) in [7, 11) is 0. The minimum absolute atomic E-state index is 0.930. The van der Waals surface area contributed by atoms with E-state index in [0.717, 1.165) is 18.5 Å². The Kier molecular flexibility index (Phi) is 7.77. The normalized spacial score (nSPS) is 13.0. The van der Waals surface area contributed by atoms with Crippen molar-refractivity contribution in [3.8, 4) is 22.3 Å². The van der Waals surface area contributed by atoms with Crippen molar-refractivity contribution in [3.05, 3.63) is 241 Å². The number of para-hydroxylation sites is 4. The van der Waals surface area contributed by atoms with Crippen LogP contribution in [0.4, 0.5) is 34.1 Å². The maximum absolute atomic E-state index is 2.46. The number of fused-ring (bicyclic) bond motifs is 9. The highest BCUT2D eigenvalue weighted by Crippen LogP contribution is 2.49. The van der Waals surface area contributed by atoms with Gasteiger partial charge >= 0.3 is 0 Å². The van der Waals surface area contributed by atoms with Gasteiger partial charge < -0.3 is 9.80 Å². The van der Waals surface area contributed by atoms with E-state index in [9.17, 15) is 0 Å². The Balaban J connectivity index is 1.03. The number of hydrogen-bond acceptors (Lipinski definition) is 2. The summed E-state index contributed by atoms with van der Waals surface area (Å²) in [5.74, 6) is 0. The highest BCUT2D eigenvalue weighted by molar-refractivity contribution is 6.16. The average molecular weight is 789 g/mol. The lowest BCUT2D eigenvalue weighted by Gasteiger charge is -2.34. The molecule has 0 radical (unpaired) electrons. The van der Waals surface area contributed by atoms with Crippen LogP contribution >= 0.6 is 0 Å². The second-order valence-corrected chi connectivity index (χ2v) is 16.9. The fourth-order valence-corrected chi connectivity index (χ4v) is 10.5. The van der Waals surface area contributed by atoms with Crippen LogP contribution in [-0.4, -0.2) is 0 Å². The number of hydrogen-bond donors (Lipinski definition) is 0. The topological polar surface area (TPSA) is 6.48 Å². The summed E-state index contributed by atoms with van der Waals surface area (Å²) in [5, 5.41) is 10.0. The molecule has 0 atom stereocenters. The van der Waals surface area contributed by atoms with Crippen LogP contribution in [0.2, 0.25) is 0 Å². The van der Waals surface area contributed by atoms with Gasteiger partial charge in [-0.05, 0) is 148 Å². The van der Waals surface area contributed by atoms with Crippen molar-refractivity contribution >= 4 is 77.2 Å². The molecule has 11 aromatic rings. The molecule has 0 aromatic heterocycles. The SMILES string of the molecule is c1ccc2c(c1)Cc1ccccc1N2c1ccc2c(-c3ccc(-c4cc5ccccc5c5ccccc45)cc3)c3cc(N4c5ccccc5Cc5ccccc54)ccc3cc2c1. The van der Waals surface area contributed by atoms with E-state index in [1.165, 1.54) is 116 Å². The molecule has 0 aliphatic carbocycles. The summed E-state index contributed by atoms with van der Waals surface area (Å²) in [6.07, 6.45) is 1.87. The van der Waals surface area contributed by atoms with Crippen LogP contribution in [0.25, 0.3) is 65.3 Å². The highest BCUT2D eigenvalue weighted by Gasteiger charge is 2.26.